The molecule has 0 saturated heterocycles. The third kappa shape index (κ3) is 4.11. The number of para-hydroxylation sites is 1. The number of hydrogen-bond donors (Lipinski definition) is 4. The van der Waals surface area contributed by atoms with E-state index in [1.165, 1.54) is 7.11 Å². The van der Waals surface area contributed by atoms with Crippen LogP contribution in [0.1, 0.15) is 31.2 Å². The Morgan fingerprint density at radius 2 is 2.00 bits per heavy atom. The van der Waals surface area contributed by atoms with Gasteiger partial charge in [-0.05, 0) is 55.5 Å². The summed E-state index contributed by atoms with van der Waals surface area (Å²) in [6, 6.07) is 11.5. The standard InChI is InChI=1S/C22H26N4O3/c1-29-20-19(7-4-14-23-20)24-21(28)22(25-16-8-10-17(27)11-9-16)13-12-15-5-2-3-6-18(15)26-22/h2-7,12-14,16-17,25-27H,8-11H2,1H3,(H,24,28). The van der Waals surface area contributed by atoms with Gasteiger partial charge in [-0.15, -0.1) is 0 Å². The molecule has 1 amide bonds. The lowest BCUT2D eigenvalue weighted by Gasteiger charge is -2.40. The molecular formula is C22H26N4O3. The van der Waals surface area contributed by atoms with E-state index in [1.807, 2.05) is 36.4 Å². The van der Waals surface area contributed by atoms with Crippen LogP contribution in [0.5, 0.6) is 5.88 Å². The summed E-state index contributed by atoms with van der Waals surface area (Å²) < 4.78 is 5.27. The number of carbonyl (C=O) groups excluding carboxylic acids is 1. The first kappa shape index (κ1) is 19.4. The van der Waals surface area contributed by atoms with Crippen LogP contribution in [0.4, 0.5) is 11.4 Å². The minimum absolute atomic E-state index is 0.113. The molecule has 4 rings (SSSR count). The molecule has 1 atom stereocenters. The third-order valence-corrected chi connectivity index (χ3v) is 5.50. The van der Waals surface area contributed by atoms with Crippen molar-refractivity contribution < 1.29 is 14.6 Å². The van der Waals surface area contributed by atoms with Gasteiger partial charge in [0.2, 0.25) is 5.88 Å². The Balaban J connectivity index is 1.62. The predicted molar refractivity (Wildman–Crippen MR) is 113 cm³/mol. The van der Waals surface area contributed by atoms with Crippen LogP contribution in [-0.4, -0.2) is 40.9 Å². The van der Waals surface area contributed by atoms with Gasteiger partial charge >= 0.3 is 0 Å². The molecule has 2 heterocycles. The normalized spacial score (nSPS) is 25.6. The Labute approximate surface area is 170 Å². The molecule has 4 N–H and O–H groups in total. The van der Waals surface area contributed by atoms with Crippen molar-refractivity contribution in [2.24, 2.45) is 0 Å². The summed E-state index contributed by atoms with van der Waals surface area (Å²) in [4.78, 5) is 17.6. The molecule has 29 heavy (non-hydrogen) atoms. The van der Waals surface area contributed by atoms with Crippen LogP contribution in [0.25, 0.3) is 6.08 Å². The lowest BCUT2D eigenvalue weighted by molar-refractivity contribution is -0.120. The smallest absolute Gasteiger partial charge is 0.269 e. The monoisotopic (exact) mass is 394 g/mol. The SMILES string of the molecule is COc1ncccc1NC(=O)C1(NC2CCC(O)CC2)C=Cc2ccccc2N1. The molecule has 7 nitrogen and oxygen atoms in total. The minimum atomic E-state index is -1.12. The maximum absolute atomic E-state index is 13.5. The van der Waals surface area contributed by atoms with Crippen LogP contribution >= 0.6 is 0 Å². The number of nitrogens with one attached hydrogen (secondary N) is 3. The molecule has 0 radical (unpaired) electrons. The van der Waals surface area contributed by atoms with Crippen molar-refractivity contribution in [3.8, 4) is 5.88 Å². The molecule has 1 fully saturated rings. The number of aliphatic hydroxyl groups excluding tert-OH is 1. The zero-order valence-corrected chi connectivity index (χ0v) is 16.4. The van der Waals surface area contributed by atoms with Crippen molar-refractivity contribution in [3.63, 3.8) is 0 Å². The Hall–Kier alpha value is -2.90. The quantitative estimate of drug-likeness (QED) is 0.623. The van der Waals surface area contributed by atoms with Crippen molar-refractivity contribution >= 4 is 23.4 Å². The highest BCUT2D eigenvalue weighted by atomic mass is 16.5. The fourth-order valence-corrected chi connectivity index (χ4v) is 3.92. The Kier molecular flexibility index (Phi) is 5.51. The molecule has 0 spiro atoms. The highest BCUT2D eigenvalue weighted by Gasteiger charge is 2.41. The maximum Gasteiger partial charge on any atom is 0.269 e. The summed E-state index contributed by atoms with van der Waals surface area (Å²) in [5.41, 5.74) is 1.29. The van der Waals surface area contributed by atoms with Gasteiger partial charge in [0.05, 0.1) is 13.2 Å². The van der Waals surface area contributed by atoms with Crippen molar-refractivity contribution in [1.29, 1.82) is 0 Å². The van der Waals surface area contributed by atoms with Gasteiger partial charge in [0.25, 0.3) is 5.91 Å². The van der Waals surface area contributed by atoms with Crippen molar-refractivity contribution in [1.82, 2.24) is 10.3 Å². The van der Waals surface area contributed by atoms with E-state index in [9.17, 15) is 9.90 Å². The molecule has 1 aromatic carbocycles. The fourth-order valence-electron chi connectivity index (χ4n) is 3.92. The van der Waals surface area contributed by atoms with E-state index in [-0.39, 0.29) is 18.1 Å². The van der Waals surface area contributed by atoms with Gasteiger partial charge in [0.1, 0.15) is 5.69 Å². The van der Waals surface area contributed by atoms with Crippen LogP contribution in [0.2, 0.25) is 0 Å². The van der Waals surface area contributed by atoms with E-state index in [0.29, 0.717) is 11.6 Å². The molecule has 7 heteroatoms. The van der Waals surface area contributed by atoms with E-state index in [2.05, 4.69) is 20.9 Å². The number of rotatable bonds is 5. The van der Waals surface area contributed by atoms with Gasteiger partial charge in [0.15, 0.2) is 5.66 Å². The van der Waals surface area contributed by atoms with Gasteiger partial charge in [0, 0.05) is 17.9 Å². The summed E-state index contributed by atoms with van der Waals surface area (Å²) >= 11 is 0. The molecule has 152 valence electrons. The van der Waals surface area contributed by atoms with Crippen LogP contribution in [0.15, 0.2) is 48.7 Å². The summed E-state index contributed by atoms with van der Waals surface area (Å²) in [5, 5.41) is 19.7. The number of aromatic nitrogens is 1. The Morgan fingerprint density at radius 1 is 1.21 bits per heavy atom. The molecule has 1 saturated carbocycles. The molecule has 1 aliphatic heterocycles. The highest BCUT2D eigenvalue weighted by Crippen LogP contribution is 2.31. The van der Waals surface area contributed by atoms with E-state index in [4.69, 9.17) is 4.74 Å². The Bertz CT molecular complexity index is 908. The average molecular weight is 394 g/mol. The van der Waals surface area contributed by atoms with E-state index in [1.54, 1.807) is 18.3 Å². The number of nitrogens with zero attached hydrogens (tertiary/aromatic N) is 1. The van der Waals surface area contributed by atoms with E-state index >= 15 is 0 Å². The second-order valence-electron chi connectivity index (χ2n) is 7.52. The van der Waals surface area contributed by atoms with Crippen molar-refractivity contribution in [2.45, 2.75) is 43.5 Å². The average Bonchev–Trinajstić information content (AvgIpc) is 2.75. The number of amides is 1. The van der Waals surface area contributed by atoms with Gasteiger partial charge < -0.3 is 20.5 Å². The van der Waals surface area contributed by atoms with Crippen molar-refractivity contribution in [2.75, 3.05) is 17.7 Å². The number of benzene rings is 1. The number of aliphatic hydroxyl groups is 1. The molecule has 0 bridgehead atoms. The molecule has 1 aliphatic carbocycles. The molecule has 1 aromatic heterocycles. The van der Waals surface area contributed by atoms with Crippen LogP contribution in [0.3, 0.4) is 0 Å². The number of carbonyl (C=O) groups is 1. The topological polar surface area (TPSA) is 95.5 Å². The maximum atomic E-state index is 13.5. The summed E-state index contributed by atoms with van der Waals surface area (Å²) in [6.07, 6.45) is 8.25. The lowest BCUT2D eigenvalue weighted by Crippen LogP contribution is -2.63. The number of fused-ring (bicyclic) bond motifs is 1. The number of hydrogen-bond acceptors (Lipinski definition) is 6. The summed E-state index contributed by atoms with van der Waals surface area (Å²) in [6.45, 7) is 0. The summed E-state index contributed by atoms with van der Waals surface area (Å²) in [5.74, 6) is 0.109. The number of methoxy groups -OCH3 is 1. The fraction of sp³-hybridized carbons (Fsp3) is 0.364. The number of anilines is 2. The largest absolute Gasteiger partial charge is 0.480 e. The van der Waals surface area contributed by atoms with Crippen LogP contribution in [0, 0.1) is 0 Å². The second-order valence-corrected chi connectivity index (χ2v) is 7.52. The minimum Gasteiger partial charge on any atom is -0.480 e. The zero-order valence-electron chi connectivity index (χ0n) is 16.4. The van der Waals surface area contributed by atoms with Gasteiger partial charge in [-0.3, -0.25) is 10.1 Å². The second kappa shape index (κ2) is 8.23. The number of pyridine rings is 1. The first-order chi connectivity index (χ1) is 14.1. The molecular weight excluding hydrogens is 368 g/mol. The molecule has 2 aromatic rings. The first-order valence-electron chi connectivity index (χ1n) is 9.92. The lowest BCUT2D eigenvalue weighted by atomic mass is 9.90. The van der Waals surface area contributed by atoms with Crippen LogP contribution in [-0.2, 0) is 4.79 Å². The van der Waals surface area contributed by atoms with Gasteiger partial charge in [-0.1, -0.05) is 24.3 Å². The van der Waals surface area contributed by atoms with Crippen molar-refractivity contribution in [3.05, 3.63) is 54.2 Å². The zero-order chi connectivity index (χ0) is 20.3. The molecule has 1 unspecified atom stereocenters. The number of ether oxygens (including phenoxy) is 1. The highest BCUT2D eigenvalue weighted by molar-refractivity contribution is 6.04. The predicted octanol–water partition coefficient (Wildman–Crippen LogP) is 2.76. The summed E-state index contributed by atoms with van der Waals surface area (Å²) in [7, 11) is 1.52. The van der Waals surface area contributed by atoms with Gasteiger partial charge in [-0.25, -0.2) is 4.98 Å². The van der Waals surface area contributed by atoms with Crippen LogP contribution < -0.4 is 20.7 Å². The Morgan fingerprint density at radius 3 is 2.79 bits per heavy atom. The third-order valence-electron chi connectivity index (χ3n) is 5.50. The van der Waals surface area contributed by atoms with E-state index < -0.39 is 5.66 Å². The van der Waals surface area contributed by atoms with Gasteiger partial charge in [-0.2, -0.15) is 0 Å². The molecule has 2 aliphatic rings. The van der Waals surface area contributed by atoms with E-state index in [0.717, 1.165) is 36.9 Å². The first-order valence-corrected chi connectivity index (χ1v) is 9.92.